The molecule has 74 valence electrons. The second kappa shape index (κ2) is 6.98. The van der Waals surface area contributed by atoms with Crippen LogP contribution in [0.1, 0.15) is 12.8 Å². The lowest BCUT2D eigenvalue weighted by Crippen LogP contribution is -1.81. The number of unbranched alkanes of at least 4 members (excludes halogenated alkanes) is 1. The van der Waals surface area contributed by atoms with Gasteiger partial charge in [0.15, 0.2) is 8.68 Å². The third-order valence-corrected chi connectivity index (χ3v) is 4.78. The van der Waals surface area contributed by atoms with Crippen molar-refractivity contribution < 1.29 is 0 Å². The summed E-state index contributed by atoms with van der Waals surface area (Å²) in [4.78, 5) is 0. The van der Waals surface area contributed by atoms with Crippen molar-refractivity contribution >= 4 is 47.5 Å². The molecule has 0 unspecified atom stereocenters. The van der Waals surface area contributed by atoms with E-state index in [-0.39, 0.29) is 0 Å². The van der Waals surface area contributed by atoms with Gasteiger partial charge in [-0.2, -0.15) is 12.6 Å². The molecule has 0 atom stereocenters. The van der Waals surface area contributed by atoms with E-state index in [0.717, 1.165) is 20.2 Å². The number of aromatic nitrogens is 2. The van der Waals surface area contributed by atoms with Crippen molar-refractivity contribution in [1.82, 2.24) is 10.2 Å². The molecule has 0 bridgehead atoms. The Bertz CT molecular complexity index is 238. The monoisotopic (exact) mass is 252 g/mol. The smallest absolute Gasteiger partial charge is 0.175 e. The van der Waals surface area contributed by atoms with Crippen LogP contribution in [0.2, 0.25) is 0 Å². The number of rotatable bonds is 6. The van der Waals surface area contributed by atoms with Gasteiger partial charge in [0.05, 0.1) is 0 Å². The van der Waals surface area contributed by atoms with Crippen LogP contribution >= 0.6 is 47.5 Å². The van der Waals surface area contributed by atoms with E-state index in [1.54, 1.807) is 34.9 Å². The van der Waals surface area contributed by atoms with Gasteiger partial charge in [0, 0.05) is 5.75 Å². The molecule has 0 spiro atoms. The predicted octanol–water partition coefficient (Wildman–Crippen LogP) is 3.06. The Labute approximate surface area is 96.7 Å². The Morgan fingerprint density at radius 3 is 2.69 bits per heavy atom. The fourth-order valence-electron chi connectivity index (χ4n) is 0.711. The Kier molecular flexibility index (Phi) is 6.27. The Hall–Kier alpha value is 0.610. The third-order valence-electron chi connectivity index (χ3n) is 1.34. The van der Waals surface area contributed by atoms with Gasteiger partial charge in [-0.15, -0.1) is 10.2 Å². The van der Waals surface area contributed by atoms with Crippen molar-refractivity contribution in [3.63, 3.8) is 0 Å². The average Bonchev–Trinajstić information content (AvgIpc) is 2.60. The van der Waals surface area contributed by atoms with E-state index in [2.05, 4.69) is 22.8 Å². The van der Waals surface area contributed by atoms with Gasteiger partial charge in [-0.25, -0.2) is 0 Å². The van der Waals surface area contributed by atoms with E-state index in [4.69, 9.17) is 0 Å². The molecular weight excluding hydrogens is 240 g/mol. The molecule has 0 aromatic carbocycles. The molecule has 1 heterocycles. The molecule has 0 aliphatic heterocycles. The van der Waals surface area contributed by atoms with Crippen LogP contribution in [0.5, 0.6) is 0 Å². The van der Waals surface area contributed by atoms with Gasteiger partial charge in [-0.3, -0.25) is 0 Å². The number of thioether (sulfide) groups is 2. The maximum absolute atomic E-state index is 4.16. The highest BCUT2D eigenvalue weighted by Gasteiger charge is 2.02. The standard InChI is InChI=1S/C7H12N2S4/c1-11-6-8-9-7(13-6)12-5-3-2-4-10/h10H,2-5H2,1H3. The van der Waals surface area contributed by atoms with Crippen molar-refractivity contribution in [3.05, 3.63) is 0 Å². The van der Waals surface area contributed by atoms with Crippen LogP contribution < -0.4 is 0 Å². The van der Waals surface area contributed by atoms with Gasteiger partial charge in [-0.1, -0.05) is 34.9 Å². The topological polar surface area (TPSA) is 25.8 Å². The largest absolute Gasteiger partial charge is 0.179 e. The number of thiol groups is 1. The van der Waals surface area contributed by atoms with Crippen molar-refractivity contribution in [2.24, 2.45) is 0 Å². The normalized spacial score (nSPS) is 10.6. The van der Waals surface area contributed by atoms with Gasteiger partial charge in [0.25, 0.3) is 0 Å². The molecule has 1 aromatic rings. The molecule has 0 N–H and O–H groups in total. The van der Waals surface area contributed by atoms with Gasteiger partial charge in [-0.05, 0) is 24.9 Å². The average molecular weight is 252 g/mol. The molecule has 6 heteroatoms. The first-order valence-corrected chi connectivity index (χ1v) is 7.64. The second-order valence-corrected chi connectivity index (χ2v) is 6.14. The van der Waals surface area contributed by atoms with Gasteiger partial charge >= 0.3 is 0 Å². The summed E-state index contributed by atoms with van der Waals surface area (Å²) in [5, 5.41) is 8.11. The minimum Gasteiger partial charge on any atom is -0.179 e. The lowest BCUT2D eigenvalue weighted by molar-refractivity contribution is 0.905. The lowest BCUT2D eigenvalue weighted by atomic mass is 10.4. The van der Waals surface area contributed by atoms with E-state index in [1.807, 2.05) is 6.26 Å². The predicted molar refractivity (Wildman–Crippen MR) is 65.5 cm³/mol. The number of hydrogen-bond acceptors (Lipinski definition) is 6. The molecule has 0 saturated heterocycles. The van der Waals surface area contributed by atoms with Crippen LogP contribution in [0.25, 0.3) is 0 Å². The number of nitrogens with zero attached hydrogens (tertiary/aromatic N) is 2. The van der Waals surface area contributed by atoms with Crippen molar-refractivity contribution in [3.8, 4) is 0 Å². The SMILES string of the molecule is CSc1nnc(SCCCCS)s1. The summed E-state index contributed by atoms with van der Waals surface area (Å²) in [6, 6.07) is 0. The molecular formula is C7H12N2S4. The Balaban J connectivity index is 2.20. The van der Waals surface area contributed by atoms with E-state index in [1.165, 1.54) is 12.8 Å². The first-order chi connectivity index (χ1) is 6.36. The Morgan fingerprint density at radius 2 is 2.08 bits per heavy atom. The minimum absolute atomic E-state index is 0.979. The molecule has 13 heavy (non-hydrogen) atoms. The second-order valence-electron chi connectivity index (χ2n) is 2.32. The summed E-state index contributed by atoms with van der Waals surface area (Å²) in [6.07, 6.45) is 4.42. The molecule has 0 saturated carbocycles. The van der Waals surface area contributed by atoms with E-state index >= 15 is 0 Å². The van der Waals surface area contributed by atoms with Crippen molar-refractivity contribution in [1.29, 1.82) is 0 Å². The van der Waals surface area contributed by atoms with Crippen LogP contribution in [0.3, 0.4) is 0 Å². The van der Waals surface area contributed by atoms with Crippen LogP contribution in [-0.4, -0.2) is 28.0 Å². The van der Waals surface area contributed by atoms with Crippen LogP contribution in [-0.2, 0) is 0 Å². The summed E-state index contributed by atoms with van der Waals surface area (Å²) in [5.74, 6) is 2.11. The van der Waals surface area contributed by atoms with Crippen LogP contribution in [0, 0.1) is 0 Å². The molecule has 2 nitrogen and oxygen atoms in total. The zero-order chi connectivity index (χ0) is 9.52. The highest BCUT2D eigenvalue weighted by molar-refractivity contribution is 8.02. The number of hydrogen-bond donors (Lipinski definition) is 1. The summed E-state index contributed by atoms with van der Waals surface area (Å²) in [6.45, 7) is 0. The Morgan fingerprint density at radius 1 is 1.31 bits per heavy atom. The molecule has 0 aliphatic rings. The third kappa shape index (κ3) is 4.58. The first-order valence-electron chi connectivity index (χ1n) is 3.98. The zero-order valence-corrected chi connectivity index (χ0v) is 10.7. The lowest BCUT2D eigenvalue weighted by Gasteiger charge is -1.93. The molecule has 0 radical (unpaired) electrons. The minimum atomic E-state index is 0.979. The van der Waals surface area contributed by atoms with E-state index in [9.17, 15) is 0 Å². The van der Waals surface area contributed by atoms with Crippen LogP contribution in [0.4, 0.5) is 0 Å². The summed E-state index contributed by atoms with van der Waals surface area (Å²) < 4.78 is 2.14. The van der Waals surface area contributed by atoms with Gasteiger partial charge in [0.1, 0.15) is 0 Å². The molecule has 1 aromatic heterocycles. The van der Waals surface area contributed by atoms with Gasteiger partial charge in [0.2, 0.25) is 0 Å². The quantitative estimate of drug-likeness (QED) is 0.478. The zero-order valence-electron chi connectivity index (χ0n) is 7.39. The molecule has 1 rings (SSSR count). The maximum Gasteiger partial charge on any atom is 0.175 e. The highest BCUT2D eigenvalue weighted by atomic mass is 32.2. The summed E-state index contributed by atoms with van der Waals surface area (Å²) >= 11 is 9.28. The molecule has 0 aliphatic carbocycles. The van der Waals surface area contributed by atoms with E-state index in [0.29, 0.717) is 0 Å². The molecule has 0 amide bonds. The van der Waals surface area contributed by atoms with Crippen molar-refractivity contribution in [2.45, 2.75) is 21.5 Å². The summed E-state index contributed by atoms with van der Waals surface area (Å²) in [5.41, 5.74) is 0. The fraction of sp³-hybridized carbons (Fsp3) is 0.714. The van der Waals surface area contributed by atoms with Crippen molar-refractivity contribution in [2.75, 3.05) is 17.8 Å². The first kappa shape index (κ1) is 11.7. The maximum atomic E-state index is 4.16. The molecule has 0 fully saturated rings. The van der Waals surface area contributed by atoms with Gasteiger partial charge < -0.3 is 0 Å². The van der Waals surface area contributed by atoms with Crippen LogP contribution in [0.15, 0.2) is 8.68 Å². The highest BCUT2D eigenvalue weighted by Crippen LogP contribution is 2.27. The fourth-order valence-corrected chi connectivity index (χ4v) is 3.44. The summed E-state index contributed by atoms with van der Waals surface area (Å²) in [7, 11) is 0. The van der Waals surface area contributed by atoms with E-state index < -0.39 is 0 Å².